The van der Waals surface area contributed by atoms with Crippen molar-refractivity contribution in [1.82, 2.24) is 0 Å². The zero-order valence-corrected chi connectivity index (χ0v) is 12.1. The average Bonchev–Trinajstić information content (AvgIpc) is 2.50. The summed E-state index contributed by atoms with van der Waals surface area (Å²) in [6.07, 6.45) is 3.64. The van der Waals surface area contributed by atoms with E-state index in [2.05, 4.69) is 22.6 Å². The molecule has 0 fully saturated rings. The first-order valence-electron chi connectivity index (χ1n) is 6.27. The van der Waals surface area contributed by atoms with E-state index >= 15 is 0 Å². The predicted molar refractivity (Wildman–Crippen MR) is 78.6 cm³/mol. The number of methoxy groups -OCH3 is 2. The number of phenolic OH excluding ortho intramolecular Hbond substituents is 1. The van der Waals surface area contributed by atoms with Gasteiger partial charge in [0, 0.05) is 11.1 Å². The Hall–Kier alpha value is -2.56. The maximum absolute atomic E-state index is 11.9. The van der Waals surface area contributed by atoms with Crippen LogP contribution >= 0.6 is 0 Å². The molecular formula is C16H18O5. The Kier molecular flexibility index (Phi) is 5.72. The molecule has 0 saturated carbocycles. The first-order chi connectivity index (χ1) is 10.0. The molecular weight excluding hydrogens is 272 g/mol. The van der Waals surface area contributed by atoms with E-state index in [0.29, 0.717) is 11.1 Å². The average molecular weight is 290 g/mol. The molecule has 0 amide bonds. The van der Waals surface area contributed by atoms with Crippen LogP contribution in [0.3, 0.4) is 0 Å². The van der Waals surface area contributed by atoms with Gasteiger partial charge >= 0.3 is 11.9 Å². The highest BCUT2D eigenvalue weighted by atomic mass is 16.5. The summed E-state index contributed by atoms with van der Waals surface area (Å²) in [6.45, 7) is 7.20. The van der Waals surface area contributed by atoms with Crippen LogP contribution in [0.4, 0.5) is 0 Å². The van der Waals surface area contributed by atoms with Gasteiger partial charge in [-0.25, -0.2) is 9.59 Å². The van der Waals surface area contributed by atoms with Crippen molar-refractivity contribution >= 4 is 11.9 Å². The minimum atomic E-state index is -0.641. The molecule has 0 aliphatic heterocycles. The number of phenols is 1. The van der Waals surface area contributed by atoms with Crippen LogP contribution in [0.15, 0.2) is 31.4 Å². The third-order valence-corrected chi connectivity index (χ3v) is 3.02. The van der Waals surface area contributed by atoms with E-state index in [1.54, 1.807) is 12.2 Å². The van der Waals surface area contributed by atoms with Gasteiger partial charge < -0.3 is 14.6 Å². The molecule has 1 rings (SSSR count). The molecule has 112 valence electrons. The minimum Gasteiger partial charge on any atom is -0.507 e. The summed E-state index contributed by atoms with van der Waals surface area (Å²) in [4.78, 5) is 23.7. The maximum Gasteiger partial charge on any atom is 0.338 e. The van der Waals surface area contributed by atoms with Gasteiger partial charge in [0.05, 0.1) is 25.3 Å². The number of aromatic hydroxyl groups is 1. The van der Waals surface area contributed by atoms with Gasteiger partial charge in [0.1, 0.15) is 5.75 Å². The molecule has 5 heteroatoms. The van der Waals surface area contributed by atoms with Crippen LogP contribution in [0.2, 0.25) is 0 Å². The molecule has 0 spiro atoms. The fourth-order valence-electron chi connectivity index (χ4n) is 2.04. The Morgan fingerprint density at radius 1 is 1.05 bits per heavy atom. The van der Waals surface area contributed by atoms with Crippen molar-refractivity contribution in [3.8, 4) is 5.75 Å². The molecule has 0 unspecified atom stereocenters. The largest absolute Gasteiger partial charge is 0.507 e. The first kappa shape index (κ1) is 16.5. The van der Waals surface area contributed by atoms with Gasteiger partial charge in [0.15, 0.2) is 0 Å². The fourth-order valence-corrected chi connectivity index (χ4v) is 2.04. The number of carbonyl (C=O) groups is 2. The molecule has 0 saturated heterocycles. The van der Waals surface area contributed by atoms with E-state index in [0.717, 1.165) is 0 Å². The summed E-state index contributed by atoms with van der Waals surface area (Å²) in [5.74, 6) is -1.42. The topological polar surface area (TPSA) is 72.8 Å². The zero-order chi connectivity index (χ0) is 16.0. The molecule has 1 N–H and O–H groups in total. The van der Waals surface area contributed by atoms with Crippen LogP contribution < -0.4 is 0 Å². The second-order valence-electron chi connectivity index (χ2n) is 4.25. The molecule has 0 heterocycles. The van der Waals surface area contributed by atoms with E-state index in [1.807, 2.05) is 0 Å². The van der Waals surface area contributed by atoms with Crippen LogP contribution in [0.25, 0.3) is 0 Å². The van der Waals surface area contributed by atoms with Crippen molar-refractivity contribution in [2.45, 2.75) is 12.8 Å². The van der Waals surface area contributed by atoms with Crippen molar-refractivity contribution < 1.29 is 24.2 Å². The van der Waals surface area contributed by atoms with Gasteiger partial charge in [-0.2, -0.15) is 0 Å². The van der Waals surface area contributed by atoms with E-state index < -0.39 is 11.9 Å². The molecule has 0 radical (unpaired) electrons. The van der Waals surface area contributed by atoms with Gasteiger partial charge in [-0.15, -0.1) is 13.2 Å². The number of carbonyl (C=O) groups excluding carboxylic acids is 2. The number of allylic oxidation sites excluding steroid dienone is 2. The minimum absolute atomic E-state index is 0.114. The SMILES string of the molecule is C=CCc1c(C(=O)OC)cc(C(=O)OC)c(CC=C)c1O. The zero-order valence-electron chi connectivity index (χ0n) is 12.1. The van der Waals surface area contributed by atoms with Crippen LogP contribution in [-0.4, -0.2) is 31.3 Å². The second-order valence-corrected chi connectivity index (χ2v) is 4.25. The quantitative estimate of drug-likeness (QED) is 0.643. The molecule has 0 atom stereocenters. The van der Waals surface area contributed by atoms with Crippen molar-refractivity contribution in [3.63, 3.8) is 0 Å². The van der Waals surface area contributed by atoms with Crippen LogP contribution in [-0.2, 0) is 22.3 Å². The lowest BCUT2D eigenvalue weighted by Crippen LogP contribution is -2.13. The molecule has 5 nitrogen and oxygen atoms in total. The monoisotopic (exact) mass is 290 g/mol. The smallest absolute Gasteiger partial charge is 0.338 e. The number of hydrogen-bond donors (Lipinski definition) is 1. The van der Waals surface area contributed by atoms with Crippen LogP contribution in [0.1, 0.15) is 31.8 Å². The second kappa shape index (κ2) is 7.28. The lowest BCUT2D eigenvalue weighted by atomic mass is 9.93. The number of hydrogen-bond acceptors (Lipinski definition) is 5. The number of rotatable bonds is 6. The maximum atomic E-state index is 11.9. The van der Waals surface area contributed by atoms with E-state index in [4.69, 9.17) is 0 Å². The summed E-state index contributed by atoms with van der Waals surface area (Å²) in [6, 6.07) is 1.37. The molecule has 0 bridgehead atoms. The third-order valence-electron chi connectivity index (χ3n) is 3.02. The van der Waals surface area contributed by atoms with Crippen molar-refractivity contribution in [3.05, 3.63) is 53.6 Å². The lowest BCUT2D eigenvalue weighted by molar-refractivity contribution is 0.0597. The predicted octanol–water partition coefficient (Wildman–Crippen LogP) is 2.42. The standard InChI is InChI=1S/C16H18O5/c1-5-7-10-12(15(18)20-3)9-13(16(19)21-4)11(8-6-2)14(10)17/h5-6,9,17H,1-2,7-8H2,3-4H3. The van der Waals surface area contributed by atoms with Gasteiger partial charge in [0.25, 0.3) is 0 Å². The van der Waals surface area contributed by atoms with Gasteiger partial charge in [-0.3, -0.25) is 0 Å². The Labute approximate surface area is 123 Å². The Morgan fingerprint density at radius 2 is 1.43 bits per heavy atom. The van der Waals surface area contributed by atoms with E-state index in [-0.39, 0.29) is 29.7 Å². The Morgan fingerprint density at radius 3 is 1.71 bits per heavy atom. The van der Waals surface area contributed by atoms with Gasteiger partial charge in [-0.05, 0) is 18.9 Å². The van der Waals surface area contributed by atoms with Gasteiger partial charge in [0.2, 0.25) is 0 Å². The van der Waals surface area contributed by atoms with E-state index in [9.17, 15) is 14.7 Å². The third kappa shape index (κ3) is 3.31. The molecule has 1 aromatic rings. The highest BCUT2D eigenvalue weighted by Gasteiger charge is 2.24. The summed E-state index contributed by atoms with van der Waals surface area (Å²) in [5.41, 5.74) is 0.953. The van der Waals surface area contributed by atoms with E-state index in [1.165, 1.54) is 20.3 Å². The molecule has 0 aliphatic rings. The summed E-state index contributed by atoms with van der Waals surface area (Å²) >= 11 is 0. The Bertz CT molecular complexity index is 539. The normalized spacial score (nSPS) is 9.81. The highest BCUT2D eigenvalue weighted by Crippen LogP contribution is 2.32. The van der Waals surface area contributed by atoms with Crippen LogP contribution in [0, 0.1) is 0 Å². The summed E-state index contributed by atoms with van der Waals surface area (Å²) in [5, 5.41) is 10.4. The molecule has 0 aliphatic carbocycles. The number of benzene rings is 1. The molecule has 1 aromatic carbocycles. The molecule has 21 heavy (non-hydrogen) atoms. The first-order valence-corrected chi connectivity index (χ1v) is 6.27. The van der Waals surface area contributed by atoms with Crippen molar-refractivity contribution in [2.24, 2.45) is 0 Å². The van der Waals surface area contributed by atoms with Crippen molar-refractivity contribution in [1.29, 1.82) is 0 Å². The fraction of sp³-hybridized carbons (Fsp3) is 0.250. The lowest BCUT2D eigenvalue weighted by Gasteiger charge is -2.15. The van der Waals surface area contributed by atoms with Crippen LogP contribution in [0.5, 0.6) is 5.75 Å². The number of ether oxygens (including phenoxy) is 2. The Balaban J connectivity index is 3.68. The van der Waals surface area contributed by atoms with Gasteiger partial charge in [-0.1, -0.05) is 12.2 Å². The molecule has 0 aromatic heterocycles. The summed E-state index contributed by atoms with van der Waals surface area (Å²) < 4.78 is 9.38. The summed E-state index contributed by atoms with van der Waals surface area (Å²) in [7, 11) is 2.46. The highest BCUT2D eigenvalue weighted by molar-refractivity contribution is 5.99. The van der Waals surface area contributed by atoms with Crippen molar-refractivity contribution in [2.75, 3.05) is 14.2 Å². The number of esters is 2.